The van der Waals surface area contributed by atoms with Gasteiger partial charge in [0.2, 0.25) is 0 Å². The highest BCUT2D eigenvalue weighted by molar-refractivity contribution is 6.76. The predicted molar refractivity (Wildman–Crippen MR) is 79.8 cm³/mol. The van der Waals surface area contributed by atoms with Gasteiger partial charge in [-0.2, -0.15) is 0 Å². The number of hydrogen-bond acceptors (Lipinski definition) is 0. The first kappa shape index (κ1) is 16.2. The van der Waals surface area contributed by atoms with Gasteiger partial charge in [0.25, 0.3) is 0 Å². The first-order valence-electron chi connectivity index (χ1n) is 7.05. The van der Waals surface area contributed by atoms with Crippen LogP contribution in [0.3, 0.4) is 0 Å². The molecule has 16 heavy (non-hydrogen) atoms. The normalized spacial score (nSPS) is 17.2. The lowest BCUT2D eigenvalue weighted by Gasteiger charge is -2.31. The van der Waals surface area contributed by atoms with Crippen molar-refractivity contribution in [2.75, 3.05) is 0 Å². The van der Waals surface area contributed by atoms with Crippen LogP contribution >= 0.6 is 0 Å². The summed E-state index contributed by atoms with van der Waals surface area (Å²) in [5.74, 6) is 1.84. The molecule has 0 saturated heterocycles. The first-order valence-corrected chi connectivity index (χ1v) is 10.8. The minimum Gasteiger partial charge on any atom is -0.0695 e. The average Bonchev–Trinajstić information content (AvgIpc) is 2.07. The zero-order valence-electron chi connectivity index (χ0n) is 13.0. The van der Waals surface area contributed by atoms with Gasteiger partial charge in [0.05, 0.1) is 0 Å². The fourth-order valence-electron chi connectivity index (χ4n) is 2.33. The highest BCUT2D eigenvalue weighted by Crippen LogP contribution is 2.34. The summed E-state index contributed by atoms with van der Waals surface area (Å²) in [4.78, 5) is 0. The van der Waals surface area contributed by atoms with Gasteiger partial charge in [-0.15, -0.1) is 0 Å². The van der Waals surface area contributed by atoms with Crippen molar-refractivity contribution in [3.8, 4) is 0 Å². The number of rotatable bonds is 6. The van der Waals surface area contributed by atoms with Crippen LogP contribution in [0.25, 0.3) is 0 Å². The van der Waals surface area contributed by atoms with Gasteiger partial charge in [0.1, 0.15) is 0 Å². The Balaban J connectivity index is 4.33. The van der Waals surface area contributed by atoms with E-state index in [4.69, 9.17) is 0 Å². The van der Waals surface area contributed by atoms with E-state index >= 15 is 0 Å². The summed E-state index contributed by atoms with van der Waals surface area (Å²) in [6, 6.07) is 1.50. The maximum absolute atomic E-state index is 2.50. The predicted octanol–water partition coefficient (Wildman–Crippen LogP) is 5.81. The molecule has 1 heteroatoms. The van der Waals surface area contributed by atoms with Gasteiger partial charge in [-0.25, -0.2) is 0 Å². The quantitative estimate of drug-likeness (QED) is 0.515. The van der Waals surface area contributed by atoms with Crippen molar-refractivity contribution >= 4 is 8.07 Å². The molecule has 0 aliphatic rings. The molecule has 2 unspecified atom stereocenters. The summed E-state index contributed by atoms with van der Waals surface area (Å²) >= 11 is 0. The van der Waals surface area contributed by atoms with E-state index in [9.17, 15) is 0 Å². The first-order chi connectivity index (χ1) is 7.05. The molecule has 0 fully saturated rings. The van der Waals surface area contributed by atoms with E-state index in [1.165, 1.54) is 25.3 Å². The molecule has 0 aromatic carbocycles. The second kappa shape index (κ2) is 6.23. The molecular weight excluding hydrogens is 208 g/mol. The molecule has 0 rings (SSSR count). The molecule has 0 saturated carbocycles. The van der Waals surface area contributed by atoms with Gasteiger partial charge in [-0.1, -0.05) is 73.1 Å². The van der Waals surface area contributed by atoms with E-state index in [2.05, 4.69) is 54.3 Å². The van der Waals surface area contributed by atoms with Crippen LogP contribution in [0.1, 0.15) is 53.9 Å². The minimum absolute atomic E-state index is 0.494. The van der Waals surface area contributed by atoms with Crippen LogP contribution in [0, 0.1) is 17.3 Å². The summed E-state index contributed by atoms with van der Waals surface area (Å²) in [6.07, 6.45) is 4.20. The third-order valence-corrected chi connectivity index (χ3v) is 5.38. The molecule has 0 aliphatic heterocycles. The van der Waals surface area contributed by atoms with Crippen molar-refractivity contribution in [3.63, 3.8) is 0 Å². The summed E-state index contributed by atoms with van der Waals surface area (Å²) in [5, 5.41) is 0. The standard InChI is InChI=1S/C15H34Si/c1-9-13(2)14(12-15(3,4)5)10-11-16(6,7)8/h13-14H,9-12H2,1-8H3. The van der Waals surface area contributed by atoms with Crippen LogP contribution < -0.4 is 0 Å². The van der Waals surface area contributed by atoms with Crippen LogP contribution in [0.15, 0.2) is 0 Å². The molecule has 0 aromatic rings. The Labute approximate surface area is 105 Å². The van der Waals surface area contributed by atoms with Gasteiger partial charge >= 0.3 is 0 Å². The van der Waals surface area contributed by atoms with Crippen molar-refractivity contribution in [2.45, 2.75) is 79.6 Å². The average molecular weight is 243 g/mol. The van der Waals surface area contributed by atoms with E-state index in [-0.39, 0.29) is 0 Å². The highest BCUT2D eigenvalue weighted by atomic mass is 28.3. The van der Waals surface area contributed by atoms with E-state index in [0.717, 1.165) is 11.8 Å². The van der Waals surface area contributed by atoms with Crippen molar-refractivity contribution in [1.82, 2.24) is 0 Å². The highest BCUT2D eigenvalue weighted by Gasteiger charge is 2.24. The van der Waals surface area contributed by atoms with E-state index in [0.29, 0.717) is 5.41 Å². The molecule has 2 atom stereocenters. The lowest BCUT2D eigenvalue weighted by atomic mass is 9.77. The molecule has 0 amide bonds. The monoisotopic (exact) mass is 242 g/mol. The molecule has 98 valence electrons. The molecule has 0 spiro atoms. The summed E-state index contributed by atoms with van der Waals surface area (Å²) in [6.45, 7) is 19.4. The van der Waals surface area contributed by atoms with Crippen LogP contribution in [-0.4, -0.2) is 8.07 Å². The lowest BCUT2D eigenvalue weighted by molar-refractivity contribution is 0.222. The molecule has 0 nitrogen and oxygen atoms in total. The maximum Gasteiger partial charge on any atom is 0.0442 e. The van der Waals surface area contributed by atoms with Gasteiger partial charge in [-0.05, 0) is 23.7 Å². The second-order valence-corrected chi connectivity index (χ2v) is 13.6. The Hall–Kier alpha value is 0.217. The van der Waals surface area contributed by atoms with Crippen molar-refractivity contribution in [3.05, 3.63) is 0 Å². The summed E-state index contributed by atoms with van der Waals surface area (Å²) < 4.78 is 0. The molecule has 0 bridgehead atoms. The molecule has 0 N–H and O–H groups in total. The van der Waals surface area contributed by atoms with E-state index < -0.39 is 8.07 Å². The molecular formula is C15H34Si. The Morgan fingerprint density at radius 3 is 1.88 bits per heavy atom. The molecule has 0 radical (unpaired) electrons. The van der Waals surface area contributed by atoms with Gasteiger partial charge in [0.15, 0.2) is 0 Å². The maximum atomic E-state index is 2.50. The Bertz CT molecular complexity index is 183. The summed E-state index contributed by atoms with van der Waals surface area (Å²) in [5.41, 5.74) is 0.494. The largest absolute Gasteiger partial charge is 0.0695 e. The smallest absolute Gasteiger partial charge is 0.0442 e. The Morgan fingerprint density at radius 2 is 1.56 bits per heavy atom. The van der Waals surface area contributed by atoms with Crippen LogP contribution in [-0.2, 0) is 0 Å². The molecule has 0 aromatic heterocycles. The Kier molecular flexibility index (Phi) is 6.32. The number of hydrogen-bond donors (Lipinski definition) is 0. The van der Waals surface area contributed by atoms with Crippen LogP contribution in [0.4, 0.5) is 0 Å². The minimum atomic E-state index is -0.854. The Morgan fingerprint density at radius 1 is 1.06 bits per heavy atom. The third-order valence-electron chi connectivity index (χ3n) is 3.59. The van der Waals surface area contributed by atoms with Gasteiger partial charge in [-0.3, -0.25) is 0 Å². The fraction of sp³-hybridized carbons (Fsp3) is 1.00. The third kappa shape index (κ3) is 8.38. The van der Waals surface area contributed by atoms with E-state index in [1.807, 2.05) is 0 Å². The molecule has 0 aliphatic carbocycles. The topological polar surface area (TPSA) is 0 Å². The zero-order valence-corrected chi connectivity index (χ0v) is 14.0. The second-order valence-electron chi connectivity index (χ2n) is 8.01. The van der Waals surface area contributed by atoms with Crippen molar-refractivity contribution < 1.29 is 0 Å². The van der Waals surface area contributed by atoms with Crippen LogP contribution in [0.5, 0.6) is 0 Å². The van der Waals surface area contributed by atoms with Gasteiger partial charge in [0, 0.05) is 8.07 Å². The SMILES string of the molecule is CCC(C)C(CC[Si](C)(C)C)CC(C)(C)C. The van der Waals surface area contributed by atoms with Crippen molar-refractivity contribution in [1.29, 1.82) is 0 Å². The molecule has 0 heterocycles. The van der Waals surface area contributed by atoms with E-state index in [1.54, 1.807) is 0 Å². The fourth-order valence-corrected chi connectivity index (χ4v) is 3.56. The van der Waals surface area contributed by atoms with Crippen LogP contribution in [0.2, 0.25) is 25.7 Å². The van der Waals surface area contributed by atoms with Gasteiger partial charge < -0.3 is 0 Å². The zero-order chi connectivity index (χ0) is 13.0. The van der Waals surface area contributed by atoms with Crippen molar-refractivity contribution in [2.24, 2.45) is 17.3 Å². The summed E-state index contributed by atoms with van der Waals surface area (Å²) in [7, 11) is -0.854. The lowest BCUT2D eigenvalue weighted by Crippen LogP contribution is -2.25.